The predicted octanol–water partition coefficient (Wildman–Crippen LogP) is 2.70. The fraction of sp³-hybridized carbons (Fsp3) is 0.222. The Morgan fingerprint density at radius 2 is 0.893 bits per heavy atom. The SMILES string of the molecule is CC(C)=NNS(=O)(=O)c1ccc(-c2ccc(S(=O)(=O)NN=C(C)C)cc2)cc1. The molecule has 2 N–H and O–H groups in total. The maximum absolute atomic E-state index is 12.1. The van der Waals surface area contributed by atoms with E-state index in [-0.39, 0.29) is 9.79 Å². The van der Waals surface area contributed by atoms with Crippen LogP contribution in [0.5, 0.6) is 0 Å². The number of hydrogen-bond acceptors (Lipinski definition) is 6. The third-order valence-corrected chi connectivity index (χ3v) is 5.89. The number of nitrogens with zero attached hydrogens (tertiary/aromatic N) is 2. The van der Waals surface area contributed by atoms with Gasteiger partial charge in [-0.25, -0.2) is 9.66 Å². The lowest BCUT2D eigenvalue weighted by atomic mass is 10.1. The van der Waals surface area contributed by atoms with Gasteiger partial charge in [-0.15, -0.1) is 0 Å². The molecule has 0 aromatic heterocycles. The van der Waals surface area contributed by atoms with Gasteiger partial charge in [-0.2, -0.15) is 27.0 Å². The van der Waals surface area contributed by atoms with E-state index in [9.17, 15) is 16.8 Å². The smallest absolute Gasteiger partial charge is 0.200 e. The monoisotopic (exact) mass is 422 g/mol. The molecule has 0 unspecified atom stereocenters. The van der Waals surface area contributed by atoms with E-state index in [1.54, 1.807) is 52.0 Å². The Bertz CT molecular complexity index is 1000. The van der Waals surface area contributed by atoms with Crippen molar-refractivity contribution in [1.29, 1.82) is 0 Å². The van der Waals surface area contributed by atoms with Gasteiger partial charge in [0, 0.05) is 11.4 Å². The molecule has 0 spiro atoms. The summed E-state index contributed by atoms with van der Waals surface area (Å²) < 4.78 is 48.6. The van der Waals surface area contributed by atoms with Crippen LogP contribution in [-0.2, 0) is 20.0 Å². The third kappa shape index (κ3) is 5.64. The molecule has 8 nitrogen and oxygen atoms in total. The van der Waals surface area contributed by atoms with Gasteiger partial charge in [-0.1, -0.05) is 24.3 Å². The van der Waals surface area contributed by atoms with Crippen molar-refractivity contribution < 1.29 is 16.8 Å². The van der Waals surface area contributed by atoms with Gasteiger partial charge in [0.05, 0.1) is 9.79 Å². The number of benzene rings is 2. The van der Waals surface area contributed by atoms with E-state index in [1.807, 2.05) is 0 Å². The first kappa shape index (κ1) is 21.6. The third-order valence-electron chi connectivity index (χ3n) is 3.44. The van der Waals surface area contributed by atoms with E-state index in [4.69, 9.17) is 0 Å². The van der Waals surface area contributed by atoms with Gasteiger partial charge in [-0.05, 0) is 63.1 Å². The van der Waals surface area contributed by atoms with Crippen LogP contribution in [0.1, 0.15) is 27.7 Å². The molecular weight excluding hydrogens is 400 g/mol. The molecule has 0 saturated heterocycles. The zero-order valence-corrected chi connectivity index (χ0v) is 17.6. The summed E-state index contributed by atoms with van der Waals surface area (Å²) in [6.45, 7) is 6.73. The summed E-state index contributed by atoms with van der Waals surface area (Å²) in [6, 6.07) is 12.4. The summed E-state index contributed by atoms with van der Waals surface area (Å²) in [6.07, 6.45) is 0. The van der Waals surface area contributed by atoms with Crippen molar-refractivity contribution in [2.24, 2.45) is 10.2 Å². The molecule has 0 aliphatic carbocycles. The highest BCUT2D eigenvalue weighted by Crippen LogP contribution is 2.23. The molecule has 0 aliphatic rings. The predicted molar refractivity (Wildman–Crippen MR) is 110 cm³/mol. The molecule has 150 valence electrons. The second-order valence-electron chi connectivity index (χ2n) is 6.36. The molecule has 0 aliphatic heterocycles. The van der Waals surface area contributed by atoms with Crippen LogP contribution in [-0.4, -0.2) is 28.3 Å². The van der Waals surface area contributed by atoms with Gasteiger partial charge in [0.15, 0.2) is 0 Å². The molecular formula is C18H22N4O4S2. The van der Waals surface area contributed by atoms with Crippen LogP contribution in [0.4, 0.5) is 0 Å². The van der Waals surface area contributed by atoms with Gasteiger partial charge < -0.3 is 0 Å². The molecule has 2 aromatic carbocycles. The summed E-state index contributed by atoms with van der Waals surface area (Å²) >= 11 is 0. The average molecular weight is 423 g/mol. The van der Waals surface area contributed by atoms with E-state index in [1.165, 1.54) is 24.3 Å². The van der Waals surface area contributed by atoms with E-state index in [2.05, 4.69) is 19.9 Å². The summed E-state index contributed by atoms with van der Waals surface area (Å²) in [5.41, 5.74) is 2.66. The molecule has 0 heterocycles. The van der Waals surface area contributed by atoms with Gasteiger partial charge >= 0.3 is 0 Å². The lowest BCUT2D eigenvalue weighted by Crippen LogP contribution is -2.19. The molecule has 0 radical (unpaired) electrons. The largest absolute Gasteiger partial charge is 0.276 e. The quantitative estimate of drug-likeness (QED) is 0.527. The van der Waals surface area contributed by atoms with Crippen molar-refractivity contribution in [3.63, 3.8) is 0 Å². The van der Waals surface area contributed by atoms with Crippen molar-refractivity contribution in [3.05, 3.63) is 48.5 Å². The summed E-state index contributed by atoms with van der Waals surface area (Å²) in [5, 5.41) is 7.44. The van der Waals surface area contributed by atoms with E-state index >= 15 is 0 Å². The van der Waals surface area contributed by atoms with E-state index < -0.39 is 20.0 Å². The lowest BCUT2D eigenvalue weighted by Gasteiger charge is -2.08. The Kier molecular flexibility index (Phi) is 6.57. The van der Waals surface area contributed by atoms with Crippen molar-refractivity contribution in [2.75, 3.05) is 0 Å². The second kappa shape index (κ2) is 8.53. The number of nitrogens with one attached hydrogen (secondary N) is 2. The van der Waals surface area contributed by atoms with Crippen LogP contribution in [0.25, 0.3) is 11.1 Å². The van der Waals surface area contributed by atoms with Crippen LogP contribution in [0.3, 0.4) is 0 Å². The minimum atomic E-state index is -3.73. The number of hydrogen-bond donors (Lipinski definition) is 2. The first-order valence-corrected chi connectivity index (χ1v) is 11.2. The fourth-order valence-electron chi connectivity index (χ4n) is 2.06. The zero-order chi connectivity index (χ0) is 20.9. The minimum absolute atomic E-state index is 0.0810. The Balaban J connectivity index is 2.23. The normalized spacial score (nSPS) is 11.4. The summed E-state index contributed by atoms with van der Waals surface area (Å²) in [4.78, 5) is 4.47. The van der Waals surface area contributed by atoms with E-state index in [0.29, 0.717) is 11.4 Å². The topological polar surface area (TPSA) is 117 Å². The molecule has 0 atom stereocenters. The second-order valence-corrected chi connectivity index (χ2v) is 9.68. The molecule has 0 amide bonds. The maximum Gasteiger partial charge on any atom is 0.276 e. The maximum atomic E-state index is 12.1. The molecule has 0 fully saturated rings. The number of sulfonamides is 2. The summed E-state index contributed by atoms with van der Waals surface area (Å²) in [5.74, 6) is 0. The number of rotatable bonds is 7. The van der Waals surface area contributed by atoms with Crippen LogP contribution in [0.15, 0.2) is 68.5 Å². The molecule has 0 saturated carbocycles. The van der Waals surface area contributed by atoms with Crippen LogP contribution < -0.4 is 9.66 Å². The first-order chi connectivity index (χ1) is 13.0. The highest BCUT2D eigenvalue weighted by molar-refractivity contribution is 7.89. The zero-order valence-electron chi connectivity index (χ0n) is 16.0. The highest BCUT2D eigenvalue weighted by atomic mass is 32.2. The lowest BCUT2D eigenvalue weighted by molar-refractivity contribution is 0.582. The minimum Gasteiger partial charge on any atom is -0.200 e. The average Bonchev–Trinajstić information content (AvgIpc) is 2.65. The van der Waals surface area contributed by atoms with Crippen molar-refractivity contribution >= 4 is 31.5 Å². The van der Waals surface area contributed by atoms with E-state index in [0.717, 1.165) is 11.1 Å². The van der Waals surface area contributed by atoms with Crippen LogP contribution >= 0.6 is 0 Å². The van der Waals surface area contributed by atoms with Gasteiger partial charge in [-0.3, -0.25) is 0 Å². The Hall–Kier alpha value is -2.72. The molecule has 10 heteroatoms. The molecule has 28 heavy (non-hydrogen) atoms. The van der Waals surface area contributed by atoms with Gasteiger partial charge in [0.2, 0.25) is 0 Å². The fourth-order valence-corrected chi connectivity index (χ4v) is 3.87. The highest BCUT2D eigenvalue weighted by Gasteiger charge is 2.14. The molecule has 2 aromatic rings. The van der Waals surface area contributed by atoms with Crippen LogP contribution in [0.2, 0.25) is 0 Å². The molecule has 0 bridgehead atoms. The van der Waals surface area contributed by atoms with Crippen molar-refractivity contribution in [3.8, 4) is 11.1 Å². The Morgan fingerprint density at radius 3 is 1.14 bits per heavy atom. The van der Waals surface area contributed by atoms with Gasteiger partial charge in [0.25, 0.3) is 20.0 Å². The Morgan fingerprint density at radius 1 is 0.607 bits per heavy atom. The summed E-state index contributed by atoms with van der Waals surface area (Å²) in [7, 11) is -7.46. The first-order valence-electron chi connectivity index (χ1n) is 8.27. The van der Waals surface area contributed by atoms with Crippen molar-refractivity contribution in [2.45, 2.75) is 37.5 Å². The molecule has 2 rings (SSSR count). The van der Waals surface area contributed by atoms with Crippen molar-refractivity contribution in [1.82, 2.24) is 9.66 Å². The van der Waals surface area contributed by atoms with Gasteiger partial charge in [0.1, 0.15) is 0 Å². The number of hydrazone groups is 2. The standard InChI is InChI=1S/C18H22N4O4S2/c1-13(2)19-21-27(23,24)17-9-5-15(6-10-17)16-7-11-18(12-8-16)28(25,26)22-20-14(3)4/h5-12,21-22H,1-4H3. The Labute approximate surface area is 165 Å². The van der Waals surface area contributed by atoms with Crippen LogP contribution in [0, 0.1) is 0 Å².